The summed E-state index contributed by atoms with van der Waals surface area (Å²) >= 11 is 0. The fraction of sp³-hybridized carbons (Fsp3) is 0. The van der Waals surface area contributed by atoms with Crippen LogP contribution in [0.3, 0.4) is 0 Å². The van der Waals surface area contributed by atoms with Gasteiger partial charge >= 0.3 is 0 Å². The van der Waals surface area contributed by atoms with Gasteiger partial charge in [0.1, 0.15) is 0 Å². The first-order valence-electron chi connectivity index (χ1n) is 2.10. The van der Waals surface area contributed by atoms with Crippen molar-refractivity contribution in [2.45, 2.75) is 0 Å². The Morgan fingerprint density at radius 3 is 2.75 bits per heavy atom. The molecular formula is C5H4NO2. The second-order valence-electron chi connectivity index (χ2n) is 1.34. The highest BCUT2D eigenvalue weighted by Crippen LogP contribution is 2.20. The van der Waals surface area contributed by atoms with E-state index in [1.54, 1.807) is 0 Å². The third-order valence-corrected chi connectivity index (χ3v) is 0.761. The van der Waals surface area contributed by atoms with Crippen LogP contribution < -0.4 is 0 Å². The molecule has 0 saturated carbocycles. The molecule has 0 fully saturated rings. The fourth-order valence-electron chi connectivity index (χ4n) is 0.373. The summed E-state index contributed by atoms with van der Waals surface area (Å²) in [6.07, 6.45) is 2.45. The lowest BCUT2D eigenvalue weighted by atomic mass is 10.4. The van der Waals surface area contributed by atoms with E-state index in [2.05, 4.69) is 4.98 Å². The molecule has 0 aromatic carbocycles. The van der Waals surface area contributed by atoms with Crippen molar-refractivity contribution in [2.75, 3.05) is 0 Å². The number of aromatic nitrogens is 1. The second kappa shape index (κ2) is 1.69. The van der Waals surface area contributed by atoms with E-state index in [-0.39, 0.29) is 11.5 Å². The zero-order valence-electron chi connectivity index (χ0n) is 4.03. The van der Waals surface area contributed by atoms with Crippen LogP contribution in [-0.4, -0.2) is 10.1 Å². The van der Waals surface area contributed by atoms with Crippen molar-refractivity contribution >= 4 is 0 Å². The highest BCUT2D eigenvalue weighted by Gasteiger charge is 1.94. The van der Waals surface area contributed by atoms with Crippen molar-refractivity contribution in [2.24, 2.45) is 0 Å². The molecule has 1 N–H and O–H groups in total. The van der Waals surface area contributed by atoms with Gasteiger partial charge in [-0.15, -0.1) is 0 Å². The van der Waals surface area contributed by atoms with Gasteiger partial charge in [0.05, 0.1) is 6.20 Å². The van der Waals surface area contributed by atoms with E-state index >= 15 is 0 Å². The van der Waals surface area contributed by atoms with Crippen molar-refractivity contribution < 1.29 is 10.2 Å². The van der Waals surface area contributed by atoms with Gasteiger partial charge in [-0.25, -0.2) is 0 Å². The molecule has 1 aromatic rings. The second-order valence-corrected chi connectivity index (χ2v) is 1.34. The topological polar surface area (TPSA) is 53.0 Å². The molecule has 1 aromatic heterocycles. The maximum absolute atomic E-state index is 10.3. The normalized spacial score (nSPS) is 9.00. The maximum atomic E-state index is 10.3. The van der Waals surface area contributed by atoms with Crippen LogP contribution in [0.15, 0.2) is 18.5 Å². The predicted octanol–water partition coefficient (Wildman–Crippen LogP) is 0.931. The Kier molecular flexibility index (Phi) is 1.04. The molecule has 1 radical (unpaired) electrons. The van der Waals surface area contributed by atoms with E-state index in [9.17, 15) is 5.11 Å². The minimum absolute atomic E-state index is 0.299. The average Bonchev–Trinajstić information content (AvgIpc) is 1.77. The van der Waals surface area contributed by atoms with Crippen LogP contribution in [0.4, 0.5) is 0 Å². The highest BCUT2D eigenvalue weighted by molar-refractivity contribution is 5.32. The van der Waals surface area contributed by atoms with E-state index in [4.69, 9.17) is 5.11 Å². The number of pyridine rings is 1. The summed E-state index contributed by atoms with van der Waals surface area (Å²) in [7, 11) is 0. The van der Waals surface area contributed by atoms with Crippen molar-refractivity contribution in [1.82, 2.24) is 4.98 Å². The monoisotopic (exact) mass is 110 g/mol. The molecule has 0 atom stereocenters. The van der Waals surface area contributed by atoms with E-state index < -0.39 is 0 Å². The first-order chi connectivity index (χ1) is 3.80. The molecule has 0 aliphatic carbocycles. The summed E-state index contributed by atoms with van der Waals surface area (Å²) in [6.45, 7) is 0. The first-order valence-corrected chi connectivity index (χ1v) is 2.10. The summed E-state index contributed by atoms with van der Waals surface area (Å²) < 4.78 is 0. The van der Waals surface area contributed by atoms with Crippen molar-refractivity contribution in [3.63, 3.8) is 0 Å². The van der Waals surface area contributed by atoms with Gasteiger partial charge in [0, 0.05) is 12.3 Å². The van der Waals surface area contributed by atoms with Gasteiger partial charge in [-0.1, -0.05) is 0 Å². The zero-order chi connectivity index (χ0) is 5.98. The fourth-order valence-corrected chi connectivity index (χ4v) is 0.373. The molecule has 3 heteroatoms. The predicted molar refractivity (Wildman–Crippen MR) is 26.0 cm³/mol. The average molecular weight is 110 g/mol. The van der Waals surface area contributed by atoms with E-state index in [0.717, 1.165) is 6.20 Å². The molecular weight excluding hydrogens is 106 g/mol. The third kappa shape index (κ3) is 0.703. The third-order valence-electron chi connectivity index (χ3n) is 0.761. The van der Waals surface area contributed by atoms with Crippen LogP contribution in [0.1, 0.15) is 0 Å². The first kappa shape index (κ1) is 4.90. The van der Waals surface area contributed by atoms with Crippen LogP contribution in [0, 0.1) is 0 Å². The lowest BCUT2D eigenvalue weighted by molar-refractivity contribution is 0.323. The molecule has 3 nitrogen and oxygen atoms in total. The molecule has 0 saturated heterocycles. The molecule has 41 valence electrons. The molecule has 0 aliphatic heterocycles. The Morgan fingerprint density at radius 2 is 2.38 bits per heavy atom. The van der Waals surface area contributed by atoms with Crippen molar-refractivity contribution in [3.8, 4) is 11.5 Å². The number of nitrogens with zero attached hydrogens (tertiary/aromatic N) is 1. The number of hydrogen-bond donors (Lipinski definition) is 1. The molecule has 0 bridgehead atoms. The smallest absolute Gasteiger partial charge is 0.223 e. The molecule has 0 unspecified atom stereocenters. The Hall–Kier alpha value is -1.25. The summed E-state index contributed by atoms with van der Waals surface area (Å²) in [5, 5.41) is 18.9. The summed E-state index contributed by atoms with van der Waals surface area (Å²) in [5.41, 5.74) is 0. The lowest BCUT2D eigenvalue weighted by Crippen LogP contribution is -1.67. The van der Waals surface area contributed by atoms with E-state index in [1.165, 1.54) is 12.3 Å². The Labute approximate surface area is 46.2 Å². The van der Waals surface area contributed by atoms with Crippen LogP contribution in [0.5, 0.6) is 11.5 Å². The number of aromatic hydroxyl groups is 1. The van der Waals surface area contributed by atoms with Gasteiger partial charge < -0.3 is 5.11 Å². The number of hydrogen-bond acceptors (Lipinski definition) is 2. The number of rotatable bonds is 0. The summed E-state index contributed by atoms with van der Waals surface area (Å²) in [4.78, 5) is 3.50. The molecule has 1 rings (SSSR count). The van der Waals surface area contributed by atoms with Crippen molar-refractivity contribution in [3.05, 3.63) is 18.5 Å². The van der Waals surface area contributed by atoms with Gasteiger partial charge in [0.2, 0.25) is 5.75 Å². The van der Waals surface area contributed by atoms with Crippen LogP contribution >= 0.6 is 0 Å². The molecule has 0 aliphatic rings. The Bertz CT molecular complexity index is 167. The summed E-state index contributed by atoms with van der Waals surface area (Å²) in [5.74, 6) is -0.687. The zero-order valence-corrected chi connectivity index (χ0v) is 4.03. The van der Waals surface area contributed by atoms with E-state index in [1.807, 2.05) is 0 Å². The van der Waals surface area contributed by atoms with E-state index in [0.29, 0.717) is 0 Å². The van der Waals surface area contributed by atoms with Crippen LogP contribution in [0.2, 0.25) is 0 Å². The van der Waals surface area contributed by atoms with Crippen LogP contribution in [-0.2, 0) is 5.11 Å². The van der Waals surface area contributed by atoms with Gasteiger partial charge in [-0.3, -0.25) is 10.1 Å². The minimum atomic E-state index is -0.389. The quantitative estimate of drug-likeness (QED) is 0.540. The minimum Gasteiger partial charge on any atom is -0.503 e. The molecule has 0 amide bonds. The highest BCUT2D eigenvalue weighted by atomic mass is 16.3. The largest absolute Gasteiger partial charge is 0.503 e. The van der Waals surface area contributed by atoms with Crippen LogP contribution in [0.25, 0.3) is 0 Å². The molecule has 1 heterocycles. The summed E-state index contributed by atoms with van der Waals surface area (Å²) in [6, 6.07) is 1.20. The Morgan fingerprint density at radius 1 is 1.62 bits per heavy atom. The molecule has 0 spiro atoms. The SMILES string of the molecule is [O]c1ccncc1O. The van der Waals surface area contributed by atoms with Gasteiger partial charge in [-0.2, -0.15) is 0 Å². The van der Waals surface area contributed by atoms with Gasteiger partial charge in [0.25, 0.3) is 0 Å². The van der Waals surface area contributed by atoms with Gasteiger partial charge in [-0.05, 0) is 0 Å². The van der Waals surface area contributed by atoms with Crippen molar-refractivity contribution in [1.29, 1.82) is 0 Å². The maximum Gasteiger partial charge on any atom is 0.223 e. The standard InChI is InChI=1S/C5H4NO2/c7-4-1-2-6-3-5(4)8/h1-3,8H. The lowest BCUT2D eigenvalue weighted by Gasteiger charge is -1.86. The van der Waals surface area contributed by atoms with Gasteiger partial charge in [0.15, 0.2) is 5.75 Å². The molecule has 8 heavy (non-hydrogen) atoms. The Balaban J connectivity index is 3.13.